The predicted molar refractivity (Wildman–Crippen MR) is 65.1 cm³/mol. The van der Waals surface area contributed by atoms with Crippen molar-refractivity contribution in [1.82, 2.24) is 10.3 Å². The van der Waals surface area contributed by atoms with Crippen molar-refractivity contribution in [1.29, 1.82) is 0 Å². The molecule has 0 bridgehead atoms. The molecule has 0 atom stereocenters. The fourth-order valence-electron chi connectivity index (χ4n) is 1.28. The molecule has 1 aromatic rings. The second-order valence-corrected chi connectivity index (χ2v) is 4.79. The van der Waals surface area contributed by atoms with Gasteiger partial charge in [0.05, 0.1) is 0 Å². The van der Waals surface area contributed by atoms with E-state index in [1.807, 2.05) is 20.0 Å². The zero-order valence-electron chi connectivity index (χ0n) is 10.3. The molecule has 0 unspecified atom stereocenters. The van der Waals surface area contributed by atoms with Crippen LogP contribution in [0.15, 0.2) is 12.1 Å². The second kappa shape index (κ2) is 4.62. The van der Waals surface area contributed by atoms with Crippen LogP contribution in [0.4, 0.5) is 5.82 Å². The quantitative estimate of drug-likeness (QED) is 0.798. The van der Waals surface area contributed by atoms with E-state index in [2.05, 4.69) is 42.5 Å². The fraction of sp³-hybridized carbons (Fsp3) is 0.583. The molecule has 15 heavy (non-hydrogen) atoms. The summed E-state index contributed by atoms with van der Waals surface area (Å²) in [4.78, 5) is 4.44. The molecule has 0 saturated carbocycles. The first kappa shape index (κ1) is 12.0. The van der Waals surface area contributed by atoms with Gasteiger partial charge in [0.25, 0.3) is 0 Å². The third-order valence-corrected chi connectivity index (χ3v) is 2.26. The lowest BCUT2D eigenvalue weighted by molar-refractivity contribution is 0.423. The highest BCUT2D eigenvalue weighted by molar-refractivity contribution is 5.37. The Morgan fingerprint density at radius 1 is 1.27 bits per heavy atom. The van der Waals surface area contributed by atoms with Crippen molar-refractivity contribution in [3.63, 3.8) is 0 Å². The molecule has 0 aliphatic carbocycles. The van der Waals surface area contributed by atoms with Gasteiger partial charge in [-0.15, -0.1) is 0 Å². The Kier molecular flexibility index (Phi) is 3.69. The van der Waals surface area contributed by atoms with E-state index < -0.39 is 0 Å². The van der Waals surface area contributed by atoms with Gasteiger partial charge in [0.1, 0.15) is 5.82 Å². The van der Waals surface area contributed by atoms with Gasteiger partial charge in [0.15, 0.2) is 0 Å². The van der Waals surface area contributed by atoms with Crippen LogP contribution in [0.25, 0.3) is 0 Å². The lowest BCUT2D eigenvalue weighted by atomic mass is 10.1. The number of anilines is 1. The molecule has 3 nitrogen and oxygen atoms in total. The molecule has 0 fully saturated rings. The highest BCUT2D eigenvalue weighted by atomic mass is 15.0. The zero-order chi connectivity index (χ0) is 11.5. The molecular formula is C12H21N3. The molecule has 0 aromatic carbocycles. The van der Waals surface area contributed by atoms with Gasteiger partial charge in [-0.1, -0.05) is 6.07 Å². The summed E-state index contributed by atoms with van der Waals surface area (Å²) in [6.45, 7) is 9.40. The monoisotopic (exact) mass is 207 g/mol. The van der Waals surface area contributed by atoms with Crippen LogP contribution in [0.1, 0.15) is 32.0 Å². The maximum atomic E-state index is 4.44. The van der Waals surface area contributed by atoms with Gasteiger partial charge in [-0.2, -0.15) is 0 Å². The molecule has 0 aliphatic heterocycles. The van der Waals surface area contributed by atoms with Crippen molar-refractivity contribution in [2.24, 2.45) is 0 Å². The van der Waals surface area contributed by atoms with Crippen LogP contribution in [0.3, 0.4) is 0 Å². The van der Waals surface area contributed by atoms with Crippen LogP contribution in [0.5, 0.6) is 0 Å². The minimum Gasteiger partial charge on any atom is -0.373 e. The smallest absolute Gasteiger partial charge is 0.125 e. The van der Waals surface area contributed by atoms with E-state index in [0.29, 0.717) is 0 Å². The predicted octanol–water partition coefficient (Wildman–Crippen LogP) is 2.32. The summed E-state index contributed by atoms with van der Waals surface area (Å²) in [5.74, 6) is 0.923. The Balaban J connectivity index is 2.70. The number of hydrogen-bond acceptors (Lipinski definition) is 3. The third kappa shape index (κ3) is 3.88. The molecule has 0 radical (unpaired) electrons. The first-order valence-corrected chi connectivity index (χ1v) is 5.32. The Hall–Kier alpha value is -1.09. The van der Waals surface area contributed by atoms with Gasteiger partial charge in [-0.25, -0.2) is 4.98 Å². The topological polar surface area (TPSA) is 37.0 Å². The first-order valence-electron chi connectivity index (χ1n) is 5.32. The Morgan fingerprint density at radius 3 is 2.40 bits per heavy atom. The average Bonchev–Trinajstić information content (AvgIpc) is 2.14. The summed E-state index contributed by atoms with van der Waals surface area (Å²) in [6, 6.07) is 4.12. The van der Waals surface area contributed by atoms with E-state index in [0.717, 1.165) is 18.1 Å². The fourth-order valence-corrected chi connectivity index (χ4v) is 1.28. The van der Waals surface area contributed by atoms with Crippen LogP contribution in [0, 0.1) is 6.92 Å². The molecule has 1 rings (SSSR count). The maximum absolute atomic E-state index is 4.44. The van der Waals surface area contributed by atoms with Crippen LogP contribution in [-0.4, -0.2) is 17.6 Å². The number of pyridine rings is 1. The van der Waals surface area contributed by atoms with Gasteiger partial charge in [0.2, 0.25) is 0 Å². The number of nitrogens with zero attached hydrogens (tertiary/aromatic N) is 1. The lowest BCUT2D eigenvalue weighted by Crippen LogP contribution is -2.35. The van der Waals surface area contributed by atoms with Gasteiger partial charge < -0.3 is 10.6 Å². The number of aromatic nitrogens is 1. The van der Waals surface area contributed by atoms with Crippen molar-refractivity contribution >= 4 is 5.82 Å². The van der Waals surface area contributed by atoms with E-state index in [-0.39, 0.29) is 5.54 Å². The third-order valence-electron chi connectivity index (χ3n) is 2.26. The summed E-state index contributed by atoms with van der Waals surface area (Å²) in [5.41, 5.74) is 2.48. The maximum Gasteiger partial charge on any atom is 0.125 e. The number of rotatable bonds is 3. The van der Waals surface area contributed by atoms with E-state index >= 15 is 0 Å². The van der Waals surface area contributed by atoms with Crippen molar-refractivity contribution < 1.29 is 0 Å². The Labute approximate surface area is 92.3 Å². The summed E-state index contributed by atoms with van der Waals surface area (Å²) >= 11 is 0. The summed E-state index contributed by atoms with van der Waals surface area (Å²) < 4.78 is 0. The Bertz CT molecular complexity index is 326. The minimum absolute atomic E-state index is 0.147. The van der Waals surface area contributed by atoms with Crippen molar-refractivity contribution in [2.45, 2.75) is 39.8 Å². The van der Waals surface area contributed by atoms with Gasteiger partial charge >= 0.3 is 0 Å². The van der Waals surface area contributed by atoms with Crippen LogP contribution in [-0.2, 0) is 6.54 Å². The highest BCUT2D eigenvalue weighted by Crippen LogP contribution is 2.11. The molecule has 0 amide bonds. The van der Waals surface area contributed by atoms with Crippen molar-refractivity contribution in [3.05, 3.63) is 23.4 Å². The molecule has 84 valence electrons. The molecule has 0 saturated heterocycles. The zero-order valence-corrected chi connectivity index (χ0v) is 10.3. The van der Waals surface area contributed by atoms with Crippen molar-refractivity contribution in [2.75, 3.05) is 12.4 Å². The molecule has 3 heteroatoms. The molecule has 1 aromatic heterocycles. The van der Waals surface area contributed by atoms with E-state index in [1.165, 1.54) is 5.56 Å². The van der Waals surface area contributed by atoms with Crippen LogP contribution >= 0.6 is 0 Å². The van der Waals surface area contributed by atoms with E-state index in [1.54, 1.807) is 0 Å². The SMILES string of the molecule is CNc1ccc(CNC(C)(C)C)c(C)n1. The standard InChI is InChI=1S/C12H21N3/c1-9-10(8-14-12(2,3)4)6-7-11(13-5)15-9/h6-7,14H,8H2,1-5H3,(H,13,15). The summed E-state index contributed by atoms with van der Waals surface area (Å²) in [6.07, 6.45) is 0. The number of hydrogen-bond donors (Lipinski definition) is 2. The second-order valence-electron chi connectivity index (χ2n) is 4.79. The number of nitrogens with one attached hydrogen (secondary N) is 2. The summed E-state index contributed by atoms with van der Waals surface area (Å²) in [7, 11) is 1.88. The molecular weight excluding hydrogens is 186 g/mol. The average molecular weight is 207 g/mol. The molecule has 0 spiro atoms. The summed E-state index contributed by atoms with van der Waals surface area (Å²) in [5, 5.41) is 6.49. The minimum atomic E-state index is 0.147. The lowest BCUT2D eigenvalue weighted by Gasteiger charge is -2.21. The largest absolute Gasteiger partial charge is 0.373 e. The van der Waals surface area contributed by atoms with E-state index in [9.17, 15) is 0 Å². The Morgan fingerprint density at radius 2 is 1.93 bits per heavy atom. The van der Waals surface area contributed by atoms with E-state index in [4.69, 9.17) is 0 Å². The van der Waals surface area contributed by atoms with Crippen molar-refractivity contribution in [3.8, 4) is 0 Å². The molecule has 2 N–H and O–H groups in total. The highest BCUT2D eigenvalue weighted by Gasteiger charge is 2.09. The normalized spacial score (nSPS) is 11.5. The molecule has 1 heterocycles. The van der Waals surface area contributed by atoms with Crippen LogP contribution < -0.4 is 10.6 Å². The van der Waals surface area contributed by atoms with Gasteiger partial charge in [-0.05, 0) is 39.3 Å². The first-order chi connectivity index (χ1) is 6.92. The van der Waals surface area contributed by atoms with Gasteiger partial charge in [-0.3, -0.25) is 0 Å². The van der Waals surface area contributed by atoms with Crippen LogP contribution in [0.2, 0.25) is 0 Å². The van der Waals surface area contributed by atoms with Gasteiger partial charge in [0, 0.05) is 24.8 Å². The number of aryl methyl sites for hydroxylation is 1. The molecule has 0 aliphatic rings.